The van der Waals surface area contributed by atoms with Crippen LogP contribution < -0.4 is 0 Å². The second kappa shape index (κ2) is 5.41. The molecule has 0 aliphatic carbocycles. The first kappa shape index (κ1) is 13.6. The van der Waals surface area contributed by atoms with Crippen LogP contribution in [0.5, 0.6) is 5.75 Å². The number of aromatic nitrogens is 2. The molecule has 0 saturated heterocycles. The van der Waals surface area contributed by atoms with Gasteiger partial charge in [-0.3, -0.25) is 8.86 Å². The summed E-state index contributed by atoms with van der Waals surface area (Å²) in [4.78, 5) is 0.126. The zero-order valence-corrected chi connectivity index (χ0v) is 11.2. The minimum atomic E-state index is -3.74. The van der Waals surface area contributed by atoms with Gasteiger partial charge < -0.3 is 5.11 Å². The van der Waals surface area contributed by atoms with Crippen molar-refractivity contribution in [1.29, 1.82) is 0 Å². The highest BCUT2D eigenvalue weighted by molar-refractivity contribution is 7.86. The van der Waals surface area contributed by atoms with Crippen LogP contribution in [0.3, 0.4) is 0 Å². The fourth-order valence-electron chi connectivity index (χ4n) is 1.49. The molecule has 0 fully saturated rings. The molecule has 0 unspecified atom stereocenters. The molecule has 2 aromatic rings. The normalized spacial score (nSPS) is 11.6. The Morgan fingerprint density at radius 3 is 2.58 bits per heavy atom. The predicted molar refractivity (Wildman–Crippen MR) is 68.2 cm³/mol. The zero-order chi connectivity index (χ0) is 13.9. The lowest BCUT2D eigenvalue weighted by Gasteiger charge is -2.06. The Morgan fingerprint density at radius 1 is 1.32 bits per heavy atom. The first-order chi connectivity index (χ1) is 8.97. The molecule has 1 aromatic heterocycles. The number of hydrogen-bond acceptors (Lipinski definition) is 5. The summed E-state index contributed by atoms with van der Waals surface area (Å²) in [5.41, 5.74) is 0.978. The summed E-state index contributed by atoms with van der Waals surface area (Å²) in [6.45, 7) is 2.07. The maximum atomic E-state index is 11.8. The first-order valence-electron chi connectivity index (χ1n) is 5.65. The fourth-order valence-corrected chi connectivity index (χ4v) is 2.39. The summed E-state index contributed by atoms with van der Waals surface area (Å²) in [5, 5.41) is 12.9. The Balaban J connectivity index is 1.96. The van der Waals surface area contributed by atoms with Gasteiger partial charge in [0.15, 0.2) is 5.75 Å². The number of aromatic hydroxyl groups is 1. The Hall–Kier alpha value is -1.86. The number of benzene rings is 1. The second-order valence-corrected chi connectivity index (χ2v) is 5.67. The largest absolute Gasteiger partial charge is 0.505 e. The van der Waals surface area contributed by atoms with Gasteiger partial charge in [-0.25, -0.2) is 0 Å². The minimum Gasteiger partial charge on any atom is -0.505 e. The lowest BCUT2D eigenvalue weighted by molar-refractivity contribution is 0.294. The van der Waals surface area contributed by atoms with E-state index in [9.17, 15) is 8.42 Å². The molecule has 6 nitrogen and oxygen atoms in total. The van der Waals surface area contributed by atoms with E-state index in [-0.39, 0.29) is 23.8 Å². The smallest absolute Gasteiger partial charge is 0.297 e. The summed E-state index contributed by atoms with van der Waals surface area (Å²) in [6.07, 6.45) is 2.66. The van der Waals surface area contributed by atoms with Crippen molar-refractivity contribution in [3.05, 3.63) is 42.2 Å². The van der Waals surface area contributed by atoms with Crippen molar-refractivity contribution in [2.45, 2.75) is 18.4 Å². The molecule has 0 aliphatic rings. The van der Waals surface area contributed by atoms with Crippen LogP contribution in [0.4, 0.5) is 0 Å². The predicted octanol–water partition coefficient (Wildman–Crippen LogP) is 1.30. The van der Waals surface area contributed by atoms with E-state index in [2.05, 4.69) is 5.10 Å². The molecule has 1 heterocycles. The summed E-state index contributed by atoms with van der Waals surface area (Å²) >= 11 is 0. The third-order valence-corrected chi connectivity index (χ3v) is 3.81. The molecular formula is C12H14N2O4S. The van der Waals surface area contributed by atoms with Crippen LogP contribution in [0.1, 0.15) is 5.56 Å². The summed E-state index contributed by atoms with van der Waals surface area (Å²) < 4.78 is 30.0. The molecule has 7 heteroatoms. The average molecular weight is 282 g/mol. The third kappa shape index (κ3) is 3.55. The van der Waals surface area contributed by atoms with Crippen molar-refractivity contribution in [2.75, 3.05) is 6.61 Å². The molecule has 0 radical (unpaired) electrons. The van der Waals surface area contributed by atoms with Crippen LogP contribution in [0, 0.1) is 6.92 Å². The second-order valence-electron chi connectivity index (χ2n) is 4.05. The molecule has 0 bridgehead atoms. The molecule has 1 N–H and O–H groups in total. The van der Waals surface area contributed by atoms with Gasteiger partial charge in [-0.2, -0.15) is 13.5 Å². The highest BCUT2D eigenvalue weighted by Gasteiger charge is 2.14. The Kier molecular flexibility index (Phi) is 3.87. The van der Waals surface area contributed by atoms with Gasteiger partial charge in [0.1, 0.15) is 0 Å². The molecule has 102 valence electrons. The maximum Gasteiger partial charge on any atom is 0.297 e. The molecule has 0 atom stereocenters. The van der Waals surface area contributed by atoms with E-state index in [1.807, 2.05) is 6.92 Å². The number of nitrogens with zero attached hydrogens (tertiary/aromatic N) is 2. The minimum absolute atomic E-state index is 0.0291. The van der Waals surface area contributed by atoms with Crippen LogP contribution in [-0.4, -0.2) is 29.9 Å². The van der Waals surface area contributed by atoms with Gasteiger partial charge in [0.25, 0.3) is 10.1 Å². The molecule has 19 heavy (non-hydrogen) atoms. The van der Waals surface area contributed by atoms with E-state index in [0.29, 0.717) is 0 Å². The summed E-state index contributed by atoms with van der Waals surface area (Å²) in [6, 6.07) is 6.43. The fraction of sp³-hybridized carbons (Fsp3) is 0.250. The highest BCUT2D eigenvalue weighted by Crippen LogP contribution is 2.13. The van der Waals surface area contributed by atoms with E-state index in [4.69, 9.17) is 9.29 Å². The topological polar surface area (TPSA) is 81.4 Å². The number of hydrogen-bond donors (Lipinski definition) is 1. The van der Waals surface area contributed by atoms with Crippen LogP contribution in [0.25, 0.3) is 0 Å². The third-order valence-electron chi connectivity index (χ3n) is 2.49. The van der Waals surface area contributed by atoms with Gasteiger partial charge in [0.2, 0.25) is 0 Å². The molecule has 0 saturated carbocycles. The molecular weight excluding hydrogens is 268 g/mol. The van der Waals surface area contributed by atoms with Crippen molar-refractivity contribution in [1.82, 2.24) is 9.78 Å². The molecule has 1 aromatic carbocycles. The van der Waals surface area contributed by atoms with Crippen molar-refractivity contribution in [2.24, 2.45) is 0 Å². The standard InChI is InChI=1S/C12H14N2O4S/c1-10-2-4-12(5-3-10)19(16,17)18-7-6-14-9-11(15)8-13-14/h2-5,8-9,15H,6-7H2,1H3. The van der Waals surface area contributed by atoms with Gasteiger partial charge in [0.05, 0.1) is 30.4 Å². The van der Waals surface area contributed by atoms with Crippen molar-refractivity contribution in [3.8, 4) is 5.75 Å². The van der Waals surface area contributed by atoms with E-state index in [1.165, 1.54) is 29.2 Å². The molecule has 0 spiro atoms. The van der Waals surface area contributed by atoms with Gasteiger partial charge in [-0.15, -0.1) is 0 Å². The Labute approximate surface area is 111 Å². The Bertz CT molecular complexity index is 647. The summed E-state index contributed by atoms with van der Waals surface area (Å²) in [7, 11) is -3.74. The van der Waals surface area contributed by atoms with Gasteiger partial charge >= 0.3 is 0 Å². The molecule has 0 aliphatic heterocycles. The lowest BCUT2D eigenvalue weighted by Crippen LogP contribution is -2.12. The van der Waals surface area contributed by atoms with Crippen molar-refractivity contribution >= 4 is 10.1 Å². The monoisotopic (exact) mass is 282 g/mol. The van der Waals surface area contributed by atoms with E-state index in [1.54, 1.807) is 12.1 Å². The SMILES string of the molecule is Cc1ccc(S(=O)(=O)OCCn2cc(O)cn2)cc1. The van der Waals surface area contributed by atoms with Crippen LogP contribution in [-0.2, 0) is 20.8 Å². The molecule has 0 amide bonds. The van der Waals surface area contributed by atoms with E-state index < -0.39 is 10.1 Å². The Morgan fingerprint density at radius 2 is 2.00 bits per heavy atom. The van der Waals surface area contributed by atoms with Gasteiger partial charge in [-0.1, -0.05) is 17.7 Å². The molecule has 2 rings (SSSR count). The quantitative estimate of drug-likeness (QED) is 0.836. The maximum absolute atomic E-state index is 11.8. The van der Waals surface area contributed by atoms with Gasteiger partial charge in [-0.05, 0) is 19.1 Å². The van der Waals surface area contributed by atoms with Crippen LogP contribution in [0.2, 0.25) is 0 Å². The zero-order valence-electron chi connectivity index (χ0n) is 10.4. The summed E-state index contributed by atoms with van der Waals surface area (Å²) in [5.74, 6) is 0.0291. The van der Waals surface area contributed by atoms with E-state index in [0.717, 1.165) is 5.56 Å². The van der Waals surface area contributed by atoms with Crippen molar-refractivity contribution in [3.63, 3.8) is 0 Å². The van der Waals surface area contributed by atoms with Crippen molar-refractivity contribution < 1.29 is 17.7 Å². The average Bonchev–Trinajstić information content (AvgIpc) is 2.75. The van der Waals surface area contributed by atoms with E-state index >= 15 is 0 Å². The van der Waals surface area contributed by atoms with Crippen LogP contribution in [0.15, 0.2) is 41.6 Å². The number of rotatable bonds is 5. The highest BCUT2D eigenvalue weighted by atomic mass is 32.2. The van der Waals surface area contributed by atoms with Gasteiger partial charge in [0, 0.05) is 0 Å². The lowest BCUT2D eigenvalue weighted by atomic mass is 10.2. The number of aryl methyl sites for hydroxylation is 1. The van der Waals surface area contributed by atoms with Crippen LogP contribution >= 0.6 is 0 Å². The first-order valence-corrected chi connectivity index (χ1v) is 7.06.